The van der Waals surface area contributed by atoms with Gasteiger partial charge in [0.1, 0.15) is 4.60 Å². The SMILES string of the molecule is CCC(O)c1scnc1Br. The molecule has 1 aromatic heterocycles. The topological polar surface area (TPSA) is 33.1 Å². The Kier molecular flexibility index (Phi) is 2.82. The molecule has 0 aromatic carbocycles. The lowest BCUT2D eigenvalue weighted by Gasteiger charge is -2.02. The fraction of sp³-hybridized carbons (Fsp3) is 0.500. The number of thiazole rings is 1. The molecule has 2 nitrogen and oxygen atoms in total. The Hall–Kier alpha value is 0.0700. The molecule has 4 heteroatoms. The van der Waals surface area contributed by atoms with Gasteiger partial charge in [0.2, 0.25) is 0 Å². The minimum absolute atomic E-state index is 0.359. The van der Waals surface area contributed by atoms with E-state index in [0.717, 1.165) is 15.9 Å². The molecule has 0 amide bonds. The molecular weight excluding hydrogens is 214 g/mol. The number of halogens is 1. The van der Waals surface area contributed by atoms with Gasteiger partial charge in [0, 0.05) is 0 Å². The van der Waals surface area contributed by atoms with Gasteiger partial charge >= 0.3 is 0 Å². The van der Waals surface area contributed by atoms with Crippen LogP contribution in [0.4, 0.5) is 0 Å². The quantitative estimate of drug-likeness (QED) is 0.833. The van der Waals surface area contributed by atoms with Crippen molar-refractivity contribution in [2.24, 2.45) is 0 Å². The van der Waals surface area contributed by atoms with E-state index in [0.29, 0.717) is 0 Å². The van der Waals surface area contributed by atoms with Crippen molar-refractivity contribution in [3.8, 4) is 0 Å². The largest absolute Gasteiger partial charge is 0.387 e. The zero-order valence-electron chi connectivity index (χ0n) is 5.54. The molecule has 0 saturated heterocycles. The van der Waals surface area contributed by atoms with Gasteiger partial charge in [-0.2, -0.15) is 0 Å². The second kappa shape index (κ2) is 3.46. The first kappa shape index (κ1) is 8.17. The first-order valence-electron chi connectivity index (χ1n) is 3.02. The summed E-state index contributed by atoms with van der Waals surface area (Å²) >= 11 is 4.72. The molecule has 0 bridgehead atoms. The van der Waals surface area contributed by atoms with Crippen molar-refractivity contribution in [1.82, 2.24) is 4.98 Å². The third kappa shape index (κ3) is 1.56. The van der Waals surface area contributed by atoms with Crippen molar-refractivity contribution in [3.05, 3.63) is 15.0 Å². The Balaban J connectivity index is 2.82. The van der Waals surface area contributed by atoms with E-state index >= 15 is 0 Å². The van der Waals surface area contributed by atoms with Gasteiger partial charge in [0.25, 0.3) is 0 Å². The van der Waals surface area contributed by atoms with Gasteiger partial charge in [-0.25, -0.2) is 4.98 Å². The van der Waals surface area contributed by atoms with Crippen LogP contribution in [0.5, 0.6) is 0 Å². The first-order chi connectivity index (χ1) is 4.75. The number of aromatic nitrogens is 1. The van der Waals surface area contributed by atoms with Crippen molar-refractivity contribution in [1.29, 1.82) is 0 Å². The Bertz CT molecular complexity index is 213. The molecule has 0 aliphatic carbocycles. The second-order valence-corrected chi connectivity index (χ2v) is 3.57. The molecule has 1 rings (SSSR count). The van der Waals surface area contributed by atoms with Crippen LogP contribution in [0.25, 0.3) is 0 Å². The summed E-state index contributed by atoms with van der Waals surface area (Å²) in [6, 6.07) is 0. The Morgan fingerprint density at radius 2 is 2.60 bits per heavy atom. The van der Waals surface area contributed by atoms with Crippen LogP contribution in [-0.2, 0) is 0 Å². The van der Waals surface area contributed by atoms with Crippen LogP contribution in [0.15, 0.2) is 10.1 Å². The minimum Gasteiger partial charge on any atom is -0.387 e. The van der Waals surface area contributed by atoms with Crippen molar-refractivity contribution in [2.75, 3.05) is 0 Å². The molecular formula is C6H8BrNOS. The lowest BCUT2D eigenvalue weighted by atomic mass is 10.2. The van der Waals surface area contributed by atoms with Crippen LogP contribution in [0.1, 0.15) is 24.3 Å². The Morgan fingerprint density at radius 1 is 1.90 bits per heavy atom. The number of hydrogen-bond acceptors (Lipinski definition) is 3. The molecule has 1 aromatic rings. The maximum Gasteiger partial charge on any atom is 0.122 e. The van der Waals surface area contributed by atoms with E-state index < -0.39 is 0 Å². The summed E-state index contributed by atoms with van der Waals surface area (Å²) in [6.07, 6.45) is 0.378. The molecule has 0 saturated carbocycles. The fourth-order valence-electron chi connectivity index (χ4n) is 0.643. The van der Waals surface area contributed by atoms with E-state index in [1.807, 2.05) is 6.92 Å². The average Bonchev–Trinajstić information content (AvgIpc) is 2.34. The number of hydrogen-bond donors (Lipinski definition) is 1. The molecule has 0 aliphatic rings. The van der Waals surface area contributed by atoms with Crippen molar-refractivity contribution < 1.29 is 5.11 Å². The number of aliphatic hydroxyl groups is 1. The van der Waals surface area contributed by atoms with Crippen molar-refractivity contribution >= 4 is 27.3 Å². The molecule has 1 heterocycles. The average molecular weight is 222 g/mol. The number of aliphatic hydroxyl groups excluding tert-OH is 1. The van der Waals surface area contributed by atoms with Gasteiger partial charge in [-0.05, 0) is 22.4 Å². The minimum atomic E-state index is -0.359. The number of nitrogens with zero attached hydrogens (tertiary/aromatic N) is 1. The van der Waals surface area contributed by atoms with E-state index in [4.69, 9.17) is 0 Å². The predicted molar refractivity (Wildman–Crippen MR) is 45.1 cm³/mol. The molecule has 0 aliphatic heterocycles. The molecule has 56 valence electrons. The van der Waals surface area contributed by atoms with Crippen molar-refractivity contribution in [3.63, 3.8) is 0 Å². The van der Waals surface area contributed by atoms with Gasteiger partial charge in [-0.3, -0.25) is 0 Å². The summed E-state index contributed by atoms with van der Waals surface area (Å²) in [5.41, 5.74) is 1.72. The van der Waals surface area contributed by atoms with Crippen LogP contribution in [0.2, 0.25) is 0 Å². The summed E-state index contributed by atoms with van der Waals surface area (Å²) in [6.45, 7) is 1.94. The summed E-state index contributed by atoms with van der Waals surface area (Å²) in [7, 11) is 0. The molecule has 1 atom stereocenters. The van der Waals surface area contributed by atoms with Gasteiger partial charge in [-0.1, -0.05) is 6.92 Å². The predicted octanol–water partition coefficient (Wildman–Crippen LogP) is 2.35. The van der Waals surface area contributed by atoms with Crippen LogP contribution >= 0.6 is 27.3 Å². The standard InChI is InChI=1S/C6H8BrNOS/c1-2-4(9)5-6(7)8-3-10-5/h3-4,9H,2H2,1H3. The van der Waals surface area contributed by atoms with Crippen LogP contribution in [0.3, 0.4) is 0 Å². The fourth-order valence-corrected chi connectivity index (χ4v) is 2.17. The Morgan fingerprint density at radius 3 is 3.00 bits per heavy atom. The highest BCUT2D eigenvalue weighted by Gasteiger charge is 2.10. The van der Waals surface area contributed by atoms with E-state index in [9.17, 15) is 5.11 Å². The molecule has 0 fully saturated rings. The van der Waals surface area contributed by atoms with Gasteiger partial charge in [0.15, 0.2) is 0 Å². The van der Waals surface area contributed by atoms with Gasteiger partial charge in [0.05, 0.1) is 16.5 Å². The molecule has 1 N–H and O–H groups in total. The lowest BCUT2D eigenvalue weighted by molar-refractivity contribution is 0.176. The zero-order chi connectivity index (χ0) is 7.56. The van der Waals surface area contributed by atoms with E-state index in [-0.39, 0.29) is 6.10 Å². The smallest absolute Gasteiger partial charge is 0.122 e. The molecule has 0 spiro atoms. The summed E-state index contributed by atoms with van der Waals surface area (Å²) in [5, 5.41) is 9.34. The number of rotatable bonds is 2. The van der Waals surface area contributed by atoms with Crippen molar-refractivity contribution in [2.45, 2.75) is 19.4 Å². The van der Waals surface area contributed by atoms with E-state index in [1.54, 1.807) is 5.51 Å². The Labute approximate surface area is 72.0 Å². The highest BCUT2D eigenvalue weighted by Crippen LogP contribution is 2.27. The van der Waals surface area contributed by atoms with E-state index in [1.165, 1.54) is 11.3 Å². The molecule has 1 unspecified atom stereocenters. The summed E-state index contributed by atoms with van der Waals surface area (Å²) in [4.78, 5) is 4.88. The summed E-state index contributed by atoms with van der Waals surface area (Å²) in [5.74, 6) is 0. The maximum atomic E-state index is 9.34. The normalized spacial score (nSPS) is 13.5. The second-order valence-electron chi connectivity index (χ2n) is 1.93. The van der Waals surface area contributed by atoms with Gasteiger partial charge < -0.3 is 5.11 Å². The summed E-state index contributed by atoms with van der Waals surface area (Å²) < 4.78 is 0.770. The third-order valence-electron chi connectivity index (χ3n) is 1.24. The monoisotopic (exact) mass is 221 g/mol. The van der Waals surface area contributed by atoms with Crippen LogP contribution in [-0.4, -0.2) is 10.1 Å². The maximum absolute atomic E-state index is 9.34. The van der Waals surface area contributed by atoms with Crippen LogP contribution < -0.4 is 0 Å². The molecule has 10 heavy (non-hydrogen) atoms. The first-order valence-corrected chi connectivity index (χ1v) is 4.70. The molecule has 0 radical (unpaired) electrons. The van der Waals surface area contributed by atoms with E-state index in [2.05, 4.69) is 20.9 Å². The van der Waals surface area contributed by atoms with Crippen LogP contribution in [0, 0.1) is 0 Å². The van der Waals surface area contributed by atoms with Gasteiger partial charge in [-0.15, -0.1) is 11.3 Å². The lowest BCUT2D eigenvalue weighted by Crippen LogP contribution is -1.91. The zero-order valence-corrected chi connectivity index (χ0v) is 7.94. The third-order valence-corrected chi connectivity index (χ3v) is 3.06. The highest BCUT2D eigenvalue weighted by molar-refractivity contribution is 9.10. The highest BCUT2D eigenvalue weighted by atomic mass is 79.9.